The minimum atomic E-state index is -0.796. The average Bonchev–Trinajstić information content (AvgIpc) is 2.94. The van der Waals surface area contributed by atoms with Crippen LogP contribution in [0.2, 0.25) is 0 Å². The average molecular weight is 526 g/mol. The number of fused-ring (bicyclic) bond motifs is 1. The number of nitrogens with two attached hydrogens (primary N) is 1. The topological polar surface area (TPSA) is 123 Å². The van der Waals surface area contributed by atoms with Crippen LogP contribution in [0.4, 0.5) is 21.9 Å². The lowest BCUT2D eigenvalue weighted by atomic mass is 9.94. The van der Waals surface area contributed by atoms with Gasteiger partial charge in [0.25, 0.3) is 0 Å². The lowest BCUT2D eigenvalue weighted by molar-refractivity contribution is -0.111. The van der Waals surface area contributed by atoms with Crippen molar-refractivity contribution in [1.82, 2.24) is 0 Å². The van der Waals surface area contributed by atoms with Crippen LogP contribution in [0.15, 0.2) is 103 Å². The molecule has 0 aliphatic rings. The Kier molecular flexibility index (Phi) is 9.16. The zero-order chi connectivity index (χ0) is 27.6. The fraction of sp³-hybridized carbons (Fsp3) is 0.161. The number of hydrogen-bond donors (Lipinski definition) is 4. The predicted molar refractivity (Wildman–Crippen MR) is 154 cm³/mol. The Hall–Kier alpha value is -4.82. The number of para-hydroxylation sites is 3. The molecule has 0 spiro atoms. The summed E-state index contributed by atoms with van der Waals surface area (Å²) in [6.45, 7) is 0. The smallest absolute Gasteiger partial charge is 0.412 e. The van der Waals surface area contributed by atoms with Gasteiger partial charge in [-0.15, -0.1) is 0 Å². The molecular weight excluding hydrogens is 494 g/mol. The highest BCUT2D eigenvalue weighted by Gasteiger charge is 2.29. The Morgan fingerprint density at radius 3 is 2.33 bits per heavy atom. The summed E-state index contributed by atoms with van der Waals surface area (Å²) >= 11 is 0. The normalized spacial score (nSPS) is 12.6. The molecule has 4 aromatic rings. The van der Waals surface area contributed by atoms with Crippen molar-refractivity contribution in [3.05, 3.63) is 109 Å². The maximum absolute atomic E-state index is 12.9. The molecule has 4 aromatic carbocycles. The van der Waals surface area contributed by atoms with Gasteiger partial charge in [-0.3, -0.25) is 10.1 Å². The van der Waals surface area contributed by atoms with E-state index in [0.717, 1.165) is 5.39 Å². The molecular formula is C31H31N3O5. The zero-order valence-electron chi connectivity index (χ0n) is 21.5. The zero-order valence-corrected chi connectivity index (χ0v) is 21.5. The van der Waals surface area contributed by atoms with E-state index < -0.39 is 18.3 Å². The summed E-state index contributed by atoms with van der Waals surface area (Å²) in [6.07, 6.45) is 2.12. The van der Waals surface area contributed by atoms with Gasteiger partial charge in [0.2, 0.25) is 5.91 Å². The van der Waals surface area contributed by atoms with Gasteiger partial charge in [0, 0.05) is 23.7 Å². The number of phenols is 1. The van der Waals surface area contributed by atoms with E-state index in [1.807, 2.05) is 36.4 Å². The van der Waals surface area contributed by atoms with E-state index >= 15 is 0 Å². The van der Waals surface area contributed by atoms with Gasteiger partial charge < -0.3 is 25.6 Å². The molecule has 0 heterocycles. The summed E-state index contributed by atoms with van der Waals surface area (Å²) in [6, 6.07) is 26.7. The van der Waals surface area contributed by atoms with Crippen LogP contribution in [0.25, 0.3) is 10.8 Å². The second-order valence-corrected chi connectivity index (χ2v) is 8.87. The van der Waals surface area contributed by atoms with E-state index in [2.05, 4.69) is 10.6 Å². The van der Waals surface area contributed by atoms with Crippen LogP contribution < -0.4 is 16.4 Å². The Labute approximate surface area is 227 Å². The number of allylic oxidation sites excluding steroid dienone is 1. The van der Waals surface area contributed by atoms with Crippen LogP contribution in [-0.4, -0.2) is 30.3 Å². The summed E-state index contributed by atoms with van der Waals surface area (Å²) < 4.78 is 11.7. The van der Waals surface area contributed by atoms with E-state index in [1.165, 1.54) is 6.08 Å². The summed E-state index contributed by atoms with van der Waals surface area (Å²) in [5.74, 6) is -0.176. The van der Waals surface area contributed by atoms with Crippen molar-refractivity contribution >= 4 is 39.8 Å². The number of anilines is 3. The third kappa shape index (κ3) is 7.15. The Morgan fingerprint density at radius 1 is 0.897 bits per heavy atom. The van der Waals surface area contributed by atoms with E-state index in [-0.39, 0.29) is 11.7 Å². The van der Waals surface area contributed by atoms with Crippen LogP contribution in [0.5, 0.6) is 5.75 Å². The number of carbonyl (C=O) groups excluding carboxylic acids is 2. The highest BCUT2D eigenvalue weighted by Crippen LogP contribution is 2.36. The van der Waals surface area contributed by atoms with Gasteiger partial charge in [0.05, 0.1) is 17.5 Å². The molecule has 0 aromatic heterocycles. The first kappa shape index (κ1) is 27.2. The van der Waals surface area contributed by atoms with Gasteiger partial charge >= 0.3 is 6.09 Å². The summed E-state index contributed by atoms with van der Waals surface area (Å²) in [5.41, 5.74) is 8.20. The molecule has 0 aliphatic carbocycles. The van der Waals surface area contributed by atoms with Gasteiger partial charge in [0.1, 0.15) is 5.75 Å². The standard InChI is InChI=1S/C31H31N3O5/c1-38-28(17-9-10-18-29(36)34-26-16-8-7-15-25(26)32)30(39-31(37)33-21-11-3-2-4-12-21)24-19-20-27(35)23-14-6-5-13-22(23)24/h2-8,10-16,18-20,28,30,35H,9,17,32H2,1H3,(H,33,37)(H,34,36)/b18-10+/t28-,30-/m1/s1. The second-order valence-electron chi connectivity index (χ2n) is 8.87. The Morgan fingerprint density at radius 2 is 1.59 bits per heavy atom. The molecule has 0 saturated carbocycles. The quantitative estimate of drug-likeness (QED) is 0.140. The first-order valence-electron chi connectivity index (χ1n) is 12.5. The molecule has 2 amide bonds. The minimum Gasteiger partial charge on any atom is -0.507 e. The van der Waals surface area contributed by atoms with E-state index in [9.17, 15) is 14.7 Å². The molecule has 0 bridgehead atoms. The summed E-state index contributed by atoms with van der Waals surface area (Å²) in [5, 5.41) is 17.3. The molecule has 0 unspecified atom stereocenters. The number of hydrogen-bond acceptors (Lipinski definition) is 6. The molecule has 200 valence electrons. The van der Waals surface area contributed by atoms with Crippen molar-refractivity contribution in [2.75, 3.05) is 23.5 Å². The predicted octanol–water partition coefficient (Wildman–Crippen LogP) is 6.41. The molecule has 2 atom stereocenters. The molecule has 0 fully saturated rings. The first-order valence-corrected chi connectivity index (χ1v) is 12.5. The van der Waals surface area contributed by atoms with E-state index in [1.54, 1.807) is 67.8 Å². The minimum absolute atomic E-state index is 0.129. The molecule has 8 heteroatoms. The number of rotatable bonds is 10. The Balaban J connectivity index is 1.52. The van der Waals surface area contributed by atoms with Crippen molar-refractivity contribution in [3.63, 3.8) is 0 Å². The van der Waals surface area contributed by atoms with Crippen LogP contribution in [0, 0.1) is 0 Å². The molecule has 0 saturated heterocycles. The van der Waals surface area contributed by atoms with Crippen molar-refractivity contribution < 1.29 is 24.2 Å². The summed E-state index contributed by atoms with van der Waals surface area (Å²) in [7, 11) is 1.55. The molecule has 4 rings (SSSR count). The number of benzene rings is 4. The Bertz CT molecular complexity index is 1460. The van der Waals surface area contributed by atoms with Crippen LogP contribution >= 0.6 is 0 Å². The van der Waals surface area contributed by atoms with Crippen molar-refractivity contribution in [1.29, 1.82) is 0 Å². The number of aromatic hydroxyl groups is 1. The van der Waals surface area contributed by atoms with Gasteiger partial charge in [0.15, 0.2) is 6.10 Å². The molecule has 0 radical (unpaired) electrons. The molecule has 8 nitrogen and oxygen atoms in total. The molecule has 39 heavy (non-hydrogen) atoms. The number of carbonyl (C=O) groups is 2. The largest absolute Gasteiger partial charge is 0.507 e. The molecule has 0 aliphatic heterocycles. The third-order valence-electron chi connectivity index (χ3n) is 6.24. The number of amides is 2. The second kappa shape index (κ2) is 13.1. The lowest BCUT2D eigenvalue weighted by Gasteiger charge is -2.27. The number of nitrogens with one attached hydrogen (secondary N) is 2. The lowest BCUT2D eigenvalue weighted by Crippen LogP contribution is -2.28. The number of phenolic OH excluding ortho intramolecular Hbond substituents is 1. The van der Waals surface area contributed by atoms with Gasteiger partial charge in [-0.25, -0.2) is 4.79 Å². The van der Waals surface area contributed by atoms with Crippen molar-refractivity contribution in [2.24, 2.45) is 0 Å². The number of methoxy groups -OCH3 is 1. The van der Waals surface area contributed by atoms with Gasteiger partial charge in [-0.2, -0.15) is 0 Å². The number of ether oxygens (including phenoxy) is 2. The fourth-order valence-corrected chi connectivity index (χ4v) is 4.31. The van der Waals surface area contributed by atoms with Crippen LogP contribution in [-0.2, 0) is 14.3 Å². The first-order chi connectivity index (χ1) is 19.0. The third-order valence-corrected chi connectivity index (χ3v) is 6.24. The number of nitrogen functional groups attached to an aromatic ring is 1. The van der Waals surface area contributed by atoms with Crippen molar-refractivity contribution in [2.45, 2.75) is 25.0 Å². The van der Waals surface area contributed by atoms with Crippen molar-refractivity contribution in [3.8, 4) is 5.75 Å². The molecule has 5 N–H and O–H groups in total. The maximum Gasteiger partial charge on any atom is 0.412 e. The van der Waals surface area contributed by atoms with Crippen LogP contribution in [0.1, 0.15) is 24.5 Å². The maximum atomic E-state index is 12.9. The van der Waals surface area contributed by atoms with Gasteiger partial charge in [-0.05, 0) is 54.6 Å². The monoisotopic (exact) mass is 525 g/mol. The highest BCUT2D eigenvalue weighted by atomic mass is 16.6. The van der Waals surface area contributed by atoms with E-state index in [0.29, 0.717) is 40.9 Å². The highest BCUT2D eigenvalue weighted by molar-refractivity contribution is 6.01. The van der Waals surface area contributed by atoms with Crippen LogP contribution in [0.3, 0.4) is 0 Å². The SMILES string of the molecule is CO[C@H](CC/C=C/C(=O)Nc1ccccc1N)[C@H](OC(=O)Nc1ccccc1)c1ccc(O)c2ccccc12. The fourth-order valence-electron chi connectivity index (χ4n) is 4.31. The van der Waals surface area contributed by atoms with E-state index in [4.69, 9.17) is 15.2 Å². The summed E-state index contributed by atoms with van der Waals surface area (Å²) in [4.78, 5) is 25.3. The van der Waals surface area contributed by atoms with Gasteiger partial charge in [-0.1, -0.05) is 66.7 Å².